The summed E-state index contributed by atoms with van der Waals surface area (Å²) >= 11 is 0. The quantitative estimate of drug-likeness (QED) is 0.723. The molecule has 1 aromatic carbocycles. The molecule has 0 amide bonds. The number of hydrogen-bond acceptors (Lipinski definition) is 4. The number of halogens is 1. The summed E-state index contributed by atoms with van der Waals surface area (Å²) in [5, 5.41) is 8.21. The number of carboxylic acids is 1. The van der Waals surface area contributed by atoms with Crippen molar-refractivity contribution in [1.82, 2.24) is 4.89 Å². The first-order valence-electron chi connectivity index (χ1n) is 4.03. The van der Waals surface area contributed by atoms with Gasteiger partial charge >= 0.3 is 5.97 Å². The van der Waals surface area contributed by atoms with Gasteiger partial charge in [0.2, 0.25) is 0 Å². The number of nitrogens with one attached hydrogen (secondary N) is 1. The van der Waals surface area contributed by atoms with Gasteiger partial charge in [-0.15, -0.1) is 0 Å². The zero-order chi connectivity index (χ0) is 12.2. The molecule has 0 saturated heterocycles. The van der Waals surface area contributed by atoms with Gasteiger partial charge in [0.15, 0.2) is 6.61 Å². The average Bonchev–Trinajstić information content (AvgIpc) is 2.17. The van der Waals surface area contributed by atoms with E-state index in [9.17, 15) is 17.6 Å². The monoisotopic (exact) mass is 249 g/mol. The Kier molecular flexibility index (Phi) is 3.93. The van der Waals surface area contributed by atoms with Crippen molar-refractivity contribution in [3.8, 4) is 0 Å². The minimum absolute atomic E-state index is 0.223. The number of carbonyl (C=O) groups is 1. The third-order valence-electron chi connectivity index (χ3n) is 1.49. The number of hydrogen-bond donors (Lipinski definition) is 2. The summed E-state index contributed by atoms with van der Waals surface area (Å²) < 4.78 is 35.3. The minimum atomic E-state index is -3.97. The van der Waals surface area contributed by atoms with Crippen molar-refractivity contribution >= 4 is 16.0 Å². The molecule has 2 N–H and O–H groups in total. The molecule has 0 aliphatic carbocycles. The molecule has 0 bridgehead atoms. The van der Waals surface area contributed by atoms with Gasteiger partial charge in [0.05, 0.1) is 4.90 Å². The molecule has 88 valence electrons. The van der Waals surface area contributed by atoms with Gasteiger partial charge in [0, 0.05) is 0 Å². The summed E-state index contributed by atoms with van der Waals surface area (Å²) in [6, 6.07) is 3.99. The van der Waals surface area contributed by atoms with Crippen LogP contribution in [0.5, 0.6) is 0 Å². The molecule has 0 spiro atoms. The van der Waals surface area contributed by atoms with Gasteiger partial charge < -0.3 is 5.11 Å². The van der Waals surface area contributed by atoms with Crippen LogP contribution in [0, 0.1) is 5.82 Å². The fourth-order valence-electron chi connectivity index (χ4n) is 0.831. The van der Waals surface area contributed by atoms with Crippen molar-refractivity contribution in [1.29, 1.82) is 0 Å². The Bertz CT molecular complexity index is 470. The van der Waals surface area contributed by atoms with Crippen molar-refractivity contribution in [2.24, 2.45) is 0 Å². The molecule has 0 unspecified atom stereocenters. The molecule has 0 aliphatic heterocycles. The second-order valence-electron chi connectivity index (χ2n) is 2.72. The fourth-order valence-corrected chi connectivity index (χ4v) is 1.64. The van der Waals surface area contributed by atoms with E-state index in [0.717, 1.165) is 24.3 Å². The zero-order valence-electron chi connectivity index (χ0n) is 7.88. The summed E-state index contributed by atoms with van der Waals surface area (Å²) in [6.07, 6.45) is 0. The van der Waals surface area contributed by atoms with Crippen molar-refractivity contribution in [2.75, 3.05) is 6.61 Å². The summed E-state index contributed by atoms with van der Waals surface area (Å²) in [4.78, 5) is 15.6. The summed E-state index contributed by atoms with van der Waals surface area (Å²) in [5.74, 6) is -1.90. The standard InChI is InChI=1S/C8H8FNO5S/c9-6-1-3-7(4-2-6)16(13,14)10-15-5-8(11)12/h1-4,10H,5H2,(H,11,12). The van der Waals surface area contributed by atoms with Crippen LogP contribution in [0.3, 0.4) is 0 Å². The molecule has 0 fully saturated rings. The van der Waals surface area contributed by atoms with Crippen molar-refractivity contribution in [2.45, 2.75) is 4.90 Å². The van der Waals surface area contributed by atoms with E-state index in [2.05, 4.69) is 4.84 Å². The molecule has 16 heavy (non-hydrogen) atoms. The third-order valence-corrected chi connectivity index (χ3v) is 2.72. The molecular formula is C8H8FNO5S. The number of carboxylic acid groups (broad SMARTS) is 1. The maximum Gasteiger partial charge on any atom is 0.331 e. The van der Waals surface area contributed by atoms with Crippen LogP contribution in [0.2, 0.25) is 0 Å². The Morgan fingerprint density at radius 2 is 1.94 bits per heavy atom. The zero-order valence-corrected chi connectivity index (χ0v) is 8.70. The molecule has 0 aromatic heterocycles. The van der Waals surface area contributed by atoms with Gasteiger partial charge in [0.1, 0.15) is 5.82 Å². The van der Waals surface area contributed by atoms with Crippen molar-refractivity contribution in [3.63, 3.8) is 0 Å². The first kappa shape index (κ1) is 12.6. The fraction of sp³-hybridized carbons (Fsp3) is 0.125. The highest BCUT2D eigenvalue weighted by Crippen LogP contribution is 2.09. The van der Waals surface area contributed by atoms with Gasteiger partial charge in [-0.3, -0.25) is 4.84 Å². The van der Waals surface area contributed by atoms with Gasteiger partial charge in [-0.2, -0.15) is 0 Å². The molecule has 0 saturated carbocycles. The van der Waals surface area contributed by atoms with E-state index in [1.807, 2.05) is 0 Å². The Morgan fingerprint density at radius 1 is 1.38 bits per heavy atom. The smallest absolute Gasteiger partial charge is 0.331 e. The second-order valence-corrected chi connectivity index (χ2v) is 4.37. The molecule has 1 aromatic rings. The molecule has 0 aliphatic rings. The van der Waals surface area contributed by atoms with Crippen LogP contribution < -0.4 is 4.89 Å². The number of sulfonamides is 1. The summed E-state index contributed by atoms with van der Waals surface area (Å²) in [7, 11) is -3.97. The van der Waals surface area contributed by atoms with E-state index in [0.29, 0.717) is 0 Å². The third kappa shape index (κ3) is 3.57. The molecule has 6 nitrogen and oxygen atoms in total. The van der Waals surface area contributed by atoms with Crippen LogP contribution in [0.4, 0.5) is 4.39 Å². The van der Waals surface area contributed by atoms with E-state index < -0.39 is 28.4 Å². The Morgan fingerprint density at radius 3 is 2.44 bits per heavy atom. The average molecular weight is 249 g/mol. The van der Waals surface area contributed by atoms with Crippen LogP contribution in [-0.2, 0) is 19.7 Å². The van der Waals surface area contributed by atoms with Gasteiger partial charge in [-0.1, -0.05) is 4.89 Å². The lowest BCUT2D eigenvalue weighted by Crippen LogP contribution is -2.26. The second kappa shape index (κ2) is 5.01. The predicted molar refractivity (Wildman–Crippen MR) is 50.3 cm³/mol. The molecule has 0 heterocycles. The van der Waals surface area contributed by atoms with Crippen molar-refractivity contribution in [3.05, 3.63) is 30.1 Å². The van der Waals surface area contributed by atoms with Crippen LogP contribution in [0.15, 0.2) is 29.2 Å². The van der Waals surface area contributed by atoms with E-state index in [1.165, 1.54) is 0 Å². The first-order chi connectivity index (χ1) is 7.42. The van der Waals surface area contributed by atoms with Gasteiger partial charge in [-0.25, -0.2) is 17.6 Å². The summed E-state index contributed by atoms with van der Waals surface area (Å²) in [5.41, 5.74) is 0. The molecule has 1 rings (SSSR count). The summed E-state index contributed by atoms with van der Waals surface area (Å²) in [6.45, 7) is -0.805. The lowest BCUT2D eigenvalue weighted by molar-refractivity contribution is -0.143. The van der Waals surface area contributed by atoms with E-state index >= 15 is 0 Å². The largest absolute Gasteiger partial charge is 0.479 e. The number of aliphatic carboxylic acids is 1. The number of benzene rings is 1. The maximum atomic E-state index is 12.5. The Hall–Kier alpha value is -1.51. The van der Waals surface area contributed by atoms with Gasteiger partial charge in [0.25, 0.3) is 10.0 Å². The van der Waals surface area contributed by atoms with Crippen molar-refractivity contribution < 1.29 is 27.5 Å². The Labute approximate surface area is 90.7 Å². The number of rotatable bonds is 5. The predicted octanol–water partition coefficient (Wildman–Crippen LogP) is 0.120. The normalized spacial score (nSPS) is 11.3. The highest BCUT2D eigenvalue weighted by atomic mass is 32.2. The van der Waals surface area contributed by atoms with E-state index in [4.69, 9.17) is 5.11 Å². The lowest BCUT2D eigenvalue weighted by Gasteiger charge is -2.05. The van der Waals surface area contributed by atoms with E-state index in [-0.39, 0.29) is 4.90 Å². The first-order valence-corrected chi connectivity index (χ1v) is 5.51. The highest BCUT2D eigenvalue weighted by molar-refractivity contribution is 7.89. The SMILES string of the molecule is O=C(O)CONS(=O)(=O)c1ccc(F)cc1. The van der Waals surface area contributed by atoms with Crippen LogP contribution >= 0.6 is 0 Å². The van der Waals surface area contributed by atoms with E-state index in [1.54, 1.807) is 4.89 Å². The minimum Gasteiger partial charge on any atom is -0.479 e. The molecular weight excluding hydrogens is 241 g/mol. The molecule has 0 radical (unpaired) electrons. The molecule has 8 heteroatoms. The highest BCUT2D eigenvalue weighted by Gasteiger charge is 2.14. The van der Waals surface area contributed by atoms with Crippen LogP contribution in [0.25, 0.3) is 0 Å². The van der Waals surface area contributed by atoms with Gasteiger partial charge in [-0.05, 0) is 24.3 Å². The van der Waals surface area contributed by atoms with Crippen LogP contribution in [-0.4, -0.2) is 26.1 Å². The lowest BCUT2D eigenvalue weighted by atomic mass is 10.4. The Balaban J connectivity index is 2.71. The van der Waals surface area contributed by atoms with Crippen LogP contribution in [0.1, 0.15) is 0 Å². The maximum absolute atomic E-state index is 12.5. The topological polar surface area (TPSA) is 92.7 Å². The molecule has 0 atom stereocenters.